The number of hydrogen-bond acceptors (Lipinski definition) is 3. The number of carbonyl (C=O) groups excluding carboxylic acids is 1. The van der Waals surface area contributed by atoms with Crippen LogP contribution in [0, 0.1) is 5.92 Å². The molecule has 3 N–H and O–H groups in total. The van der Waals surface area contributed by atoms with Crippen LogP contribution < -0.4 is 5.73 Å². The van der Waals surface area contributed by atoms with Gasteiger partial charge < -0.3 is 10.6 Å². The van der Waals surface area contributed by atoms with Crippen molar-refractivity contribution in [3.05, 3.63) is 11.8 Å². The molecule has 1 aromatic rings. The van der Waals surface area contributed by atoms with E-state index in [4.69, 9.17) is 5.73 Å². The number of hydrogen-bond donors (Lipinski definition) is 2. The molecule has 1 amide bonds. The Labute approximate surface area is 95.0 Å². The Morgan fingerprint density at radius 2 is 2.44 bits per heavy atom. The molecule has 5 nitrogen and oxygen atoms in total. The minimum absolute atomic E-state index is 0.000000000000000444. The molecule has 5 heteroatoms. The van der Waals surface area contributed by atoms with E-state index in [9.17, 15) is 4.79 Å². The minimum atomic E-state index is 0.000000000000000444. The Morgan fingerprint density at radius 1 is 1.69 bits per heavy atom. The molecule has 1 aliphatic rings. The highest BCUT2D eigenvalue weighted by Gasteiger charge is 2.27. The van der Waals surface area contributed by atoms with Crippen molar-refractivity contribution in [3.63, 3.8) is 0 Å². The number of aromatic amines is 1. The zero-order chi connectivity index (χ0) is 11.5. The fourth-order valence-electron chi connectivity index (χ4n) is 1.79. The van der Waals surface area contributed by atoms with Crippen LogP contribution in [0.15, 0.2) is 6.20 Å². The molecular weight excluding hydrogens is 204 g/mol. The van der Waals surface area contributed by atoms with Crippen molar-refractivity contribution in [2.24, 2.45) is 5.92 Å². The first-order chi connectivity index (χ1) is 7.72. The number of aromatic nitrogens is 2. The molecule has 2 rings (SSSR count). The van der Waals surface area contributed by atoms with Gasteiger partial charge in [-0.25, -0.2) is 0 Å². The summed E-state index contributed by atoms with van der Waals surface area (Å²) < 4.78 is 0. The van der Waals surface area contributed by atoms with Gasteiger partial charge in [-0.05, 0) is 25.2 Å². The van der Waals surface area contributed by atoms with Crippen molar-refractivity contribution in [1.29, 1.82) is 0 Å². The molecular formula is C11H18N4O. The van der Waals surface area contributed by atoms with Crippen LogP contribution in [0.5, 0.6) is 0 Å². The van der Waals surface area contributed by atoms with Crippen LogP contribution in [0.4, 0.5) is 5.82 Å². The summed E-state index contributed by atoms with van der Waals surface area (Å²) in [5, 5.41) is 6.38. The quantitative estimate of drug-likeness (QED) is 0.787. The van der Waals surface area contributed by atoms with Crippen LogP contribution in [-0.2, 0) is 0 Å². The van der Waals surface area contributed by atoms with Gasteiger partial charge in [0.2, 0.25) is 0 Å². The number of nitrogens with zero attached hydrogens (tertiary/aromatic N) is 2. The second-order valence-corrected chi connectivity index (χ2v) is 4.39. The molecule has 1 aliphatic carbocycles. The first-order valence-electron chi connectivity index (χ1n) is 5.80. The molecule has 0 aromatic carbocycles. The maximum atomic E-state index is 12.2. The van der Waals surface area contributed by atoms with Crippen molar-refractivity contribution < 1.29 is 4.79 Å². The van der Waals surface area contributed by atoms with E-state index in [1.165, 1.54) is 19.0 Å². The maximum absolute atomic E-state index is 12.2. The lowest BCUT2D eigenvalue weighted by Gasteiger charge is -2.21. The third-order valence-corrected chi connectivity index (χ3v) is 2.86. The number of anilines is 1. The summed E-state index contributed by atoms with van der Waals surface area (Å²) in [7, 11) is 0. The van der Waals surface area contributed by atoms with Gasteiger partial charge in [0.1, 0.15) is 11.4 Å². The third kappa shape index (κ3) is 2.35. The molecule has 16 heavy (non-hydrogen) atoms. The minimum Gasteiger partial charge on any atom is -0.383 e. The Kier molecular flexibility index (Phi) is 3.12. The smallest absolute Gasteiger partial charge is 0.259 e. The molecule has 1 heterocycles. The summed E-state index contributed by atoms with van der Waals surface area (Å²) in [6, 6.07) is 0. The van der Waals surface area contributed by atoms with Crippen LogP contribution in [0.3, 0.4) is 0 Å². The van der Waals surface area contributed by atoms with Crippen LogP contribution in [0.25, 0.3) is 0 Å². The van der Waals surface area contributed by atoms with E-state index in [0.717, 1.165) is 19.5 Å². The monoisotopic (exact) mass is 222 g/mol. The Balaban J connectivity index is 2.06. The number of rotatable bonds is 5. The highest BCUT2D eigenvalue weighted by Crippen LogP contribution is 2.30. The van der Waals surface area contributed by atoms with Gasteiger partial charge in [-0.3, -0.25) is 9.89 Å². The van der Waals surface area contributed by atoms with Gasteiger partial charge in [-0.15, -0.1) is 0 Å². The standard InChI is InChI=1S/C11H18N4O/c1-2-5-15(7-8-3-4-8)11(16)9-6-13-14-10(9)12/h6,8H,2-5,7H2,1H3,(H3,12,13,14). The fourth-order valence-corrected chi connectivity index (χ4v) is 1.79. The van der Waals surface area contributed by atoms with Crippen LogP contribution >= 0.6 is 0 Å². The third-order valence-electron chi connectivity index (χ3n) is 2.86. The average molecular weight is 222 g/mol. The van der Waals surface area contributed by atoms with Crippen molar-refractivity contribution in [1.82, 2.24) is 15.1 Å². The normalized spacial score (nSPS) is 15.1. The lowest BCUT2D eigenvalue weighted by Crippen LogP contribution is -2.33. The van der Waals surface area contributed by atoms with Crippen LogP contribution in [0.2, 0.25) is 0 Å². The average Bonchev–Trinajstić information content (AvgIpc) is 2.98. The van der Waals surface area contributed by atoms with E-state index in [0.29, 0.717) is 17.3 Å². The summed E-state index contributed by atoms with van der Waals surface area (Å²) in [6.45, 7) is 3.73. The molecule has 0 saturated heterocycles. The molecule has 1 fully saturated rings. The summed E-state index contributed by atoms with van der Waals surface area (Å²) in [5.41, 5.74) is 6.15. The number of nitrogen functional groups attached to an aromatic ring is 1. The molecule has 1 saturated carbocycles. The van der Waals surface area contributed by atoms with Crippen molar-refractivity contribution in [2.75, 3.05) is 18.8 Å². The Bertz CT molecular complexity index is 370. The highest BCUT2D eigenvalue weighted by molar-refractivity contribution is 5.98. The van der Waals surface area contributed by atoms with E-state index < -0.39 is 0 Å². The summed E-state index contributed by atoms with van der Waals surface area (Å²) in [5.74, 6) is 1.06. The molecule has 88 valence electrons. The Morgan fingerprint density at radius 3 is 2.94 bits per heavy atom. The molecule has 0 bridgehead atoms. The lowest BCUT2D eigenvalue weighted by molar-refractivity contribution is 0.0749. The molecule has 0 radical (unpaired) electrons. The molecule has 0 aliphatic heterocycles. The van der Waals surface area contributed by atoms with E-state index in [1.807, 2.05) is 4.90 Å². The SMILES string of the molecule is CCCN(CC1CC1)C(=O)c1cn[nH]c1N. The molecule has 0 unspecified atom stereocenters. The van der Waals surface area contributed by atoms with E-state index >= 15 is 0 Å². The number of amides is 1. The number of nitrogens with two attached hydrogens (primary N) is 1. The largest absolute Gasteiger partial charge is 0.383 e. The van der Waals surface area contributed by atoms with Crippen LogP contribution in [0.1, 0.15) is 36.5 Å². The second kappa shape index (κ2) is 4.55. The summed E-state index contributed by atoms with van der Waals surface area (Å²) in [4.78, 5) is 14.1. The van der Waals surface area contributed by atoms with Gasteiger partial charge in [-0.1, -0.05) is 6.92 Å². The first kappa shape index (κ1) is 11.0. The van der Waals surface area contributed by atoms with Gasteiger partial charge in [0.15, 0.2) is 0 Å². The van der Waals surface area contributed by atoms with Crippen molar-refractivity contribution in [2.45, 2.75) is 26.2 Å². The van der Waals surface area contributed by atoms with Gasteiger partial charge in [0.05, 0.1) is 6.20 Å². The summed E-state index contributed by atoms with van der Waals surface area (Å²) >= 11 is 0. The number of H-pyrrole nitrogens is 1. The highest BCUT2D eigenvalue weighted by atomic mass is 16.2. The van der Waals surface area contributed by atoms with Gasteiger partial charge in [0.25, 0.3) is 5.91 Å². The lowest BCUT2D eigenvalue weighted by atomic mass is 10.2. The van der Waals surface area contributed by atoms with Crippen LogP contribution in [-0.4, -0.2) is 34.1 Å². The van der Waals surface area contributed by atoms with E-state index in [-0.39, 0.29) is 5.91 Å². The Hall–Kier alpha value is -1.52. The zero-order valence-electron chi connectivity index (χ0n) is 9.57. The molecule has 1 aromatic heterocycles. The van der Waals surface area contributed by atoms with Crippen molar-refractivity contribution in [3.8, 4) is 0 Å². The van der Waals surface area contributed by atoms with Crippen molar-refractivity contribution >= 4 is 11.7 Å². The van der Waals surface area contributed by atoms with Gasteiger partial charge in [0, 0.05) is 13.1 Å². The topological polar surface area (TPSA) is 75.0 Å². The fraction of sp³-hybridized carbons (Fsp3) is 0.636. The second-order valence-electron chi connectivity index (χ2n) is 4.39. The van der Waals surface area contributed by atoms with E-state index in [1.54, 1.807) is 0 Å². The summed E-state index contributed by atoms with van der Waals surface area (Å²) in [6.07, 6.45) is 4.96. The number of carbonyl (C=O) groups is 1. The molecule has 0 atom stereocenters. The zero-order valence-corrected chi connectivity index (χ0v) is 9.57. The first-order valence-corrected chi connectivity index (χ1v) is 5.80. The predicted molar refractivity (Wildman–Crippen MR) is 61.9 cm³/mol. The number of nitrogens with one attached hydrogen (secondary N) is 1. The predicted octanol–water partition coefficient (Wildman–Crippen LogP) is 1.25. The molecule has 0 spiro atoms. The van der Waals surface area contributed by atoms with Gasteiger partial charge >= 0.3 is 0 Å². The van der Waals surface area contributed by atoms with E-state index in [2.05, 4.69) is 17.1 Å². The van der Waals surface area contributed by atoms with Gasteiger partial charge in [-0.2, -0.15) is 5.10 Å². The maximum Gasteiger partial charge on any atom is 0.259 e.